The molecular weight excluding hydrogens is 164 g/mol. The Morgan fingerprint density at radius 1 is 1.62 bits per heavy atom. The van der Waals surface area contributed by atoms with E-state index in [9.17, 15) is 4.79 Å². The van der Waals surface area contributed by atoms with Gasteiger partial charge < -0.3 is 0 Å². The van der Waals surface area contributed by atoms with E-state index in [1.807, 2.05) is 17.8 Å². The molecule has 1 aromatic rings. The smallest absolute Gasteiger partial charge is 0.133 e. The molecule has 0 aromatic carbocycles. The highest BCUT2D eigenvalue weighted by Crippen LogP contribution is 2.30. The van der Waals surface area contributed by atoms with Gasteiger partial charge in [0, 0.05) is 37.7 Å². The molecule has 0 spiro atoms. The average Bonchev–Trinajstić information content (AvgIpc) is 2.51. The lowest BCUT2D eigenvalue weighted by Gasteiger charge is -2.20. The van der Waals surface area contributed by atoms with Gasteiger partial charge in [0.2, 0.25) is 0 Å². The summed E-state index contributed by atoms with van der Waals surface area (Å²) in [7, 11) is 1.94. The first-order valence-electron chi connectivity index (χ1n) is 4.77. The number of ketones is 1. The van der Waals surface area contributed by atoms with Gasteiger partial charge in [0.15, 0.2) is 0 Å². The number of Topliss-reactive ketones (excluding diaryl/α,β-unsaturated/α-hetero) is 1. The normalized spacial score (nSPS) is 23.5. The standard InChI is InChI=1S/C10H14N2O/c1-12-10(5-6-11-12)8-3-2-4-9(13)7-8/h5-6,8H,2-4,7H2,1H3. The van der Waals surface area contributed by atoms with Gasteiger partial charge in [-0.25, -0.2) is 0 Å². The van der Waals surface area contributed by atoms with E-state index in [1.165, 1.54) is 5.69 Å². The summed E-state index contributed by atoms with van der Waals surface area (Å²) < 4.78 is 1.88. The van der Waals surface area contributed by atoms with Gasteiger partial charge in [0.25, 0.3) is 0 Å². The predicted octanol–water partition coefficient (Wildman–Crippen LogP) is 1.65. The highest BCUT2D eigenvalue weighted by molar-refractivity contribution is 5.79. The zero-order valence-electron chi connectivity index (χ0n) is 7.86. The lowest BCUT2D eigenvalue weighted by Crippen LogP contribution is -2.15. The van der Waals surface area contributed by atoms with Gasteiger partial charge in [-0.3, -0.25) is 9.48 Å². The zero-order valence-corrected chi connectivity index (χ0v) is 7.86. The third-order valence-electron chi connectivity index (χ3n) is 2.76. The van der Waals surface area contributed by atoms with Crippen LogP contribution in [-0.2, 0) is 11.8 Å². The van der Waals surface area contributed by atoms with Crippen LogP contribution >= 0.6 is 0 Å². The van der Waals surface area contributed by atoms with Gasteiger partial charge in [-0.15, -0.1) is 0 Å². The maximum atomic E-state index is 11.3. The molecule has 1 heterocycles. The number of aromatic nitrogens is 2. The molecule has 13 heavy (non-hydrogen) atoms. The summed E-state index contributed by atoms with van der Waals surface area (Å²) in [5.41, 5.74) is 1.20. The van der Waals surface area contributed by atoms with Crippen LogP contribution in [0.4, 0.5) is 0 Å². The second-order valence-corrected chi connectivity index (χ2v) is 3.71. The summed E-state index contributed by atoms with van der Waals surface area (Å²) in [5, 5.41) is 4.12. The Morgan fingerprint density at radius 3 is 3.08 bits per heavy atom. The van der Waals surface area contributed by atoms with E-state index in [4.69, 9.17) is 0 Å². The molecule has 3 nitrogen and oxygen atoms in total. The van der Waals surface area contributed by atoms with E-state index in [2.05, 4.69) is 5.10 Å². The maximum Gasteiger partial charge on any atom is 0.133 e. The van der Waals surface area contributed by atoms with Crippen LogP contribution in [0.5, 0.6) is 0 Å². The van der Waals surface area contributed by atoms with E-state index in [-0.39, 0.29) is 0 Å². The number of hydrogen-bond acceptors (Lipinski definition) is 2. The minimum absolute atomic E-state index is 0.400. The van der Waals surface area contributed by atoms with Gasteiger partial charge in [0.05, 0.1) is 0 Å². The first-order valence-corrected chi connectivity index (χ1v) is 4.77. The Bertz CT molecular complexity index is 316. The second kappa shape index (κ2) is 3.32. The summed E-state index contributed by atoms with van der Waals surface area (Å²) in [6.45, 7) is 0. The summed E-state index contributed by atoms with van der Waals surface area (Å²) >= 11 is 0. The molecule has 70 valence electrons. The molecule has 1 aliphatic rings. The molecule has 0 aliphatic heterocycles. The Hall–Kier alpha value is -1.12. The third-order valence-corrected chi connectivity index (χ3v) is 2.76. The molecule has 1 unspecified atom stereocenters. The number of carbonyl (C=O) groups is 1. The number of rotatable bonds is 1. The van der Waals surface area contributed by atoms with Crippen molar-refractivity contribution in [3.63, 3.8) is 0 Å². The highest BCUT2D eigenvalue weighted by Gasteiger charge is 2.22. The fraction of sp³-hybridized carbons (Fsp3) is 0.600. The minimum Gasteiger partial charge on any atom is -0.300 e. The largest absolute Gasteiger partial charge is 0.300 e. The van der Waals surface area contributed by atoms with E-state index in [1.54, 1.807) is 6.20 Å². The van der Waals surface area contributed by atoms with E-state index < -0.39 is 0 Å². The van der Waals surface area contributed by atoms with Crippen LogP contribution in [0.2, 0.25) is 0 Å². The monoisotopic (exact) mass is 178 g/mol. The van der Waals surface area contributed by atoms with Crippen molar-refractivity contribution >= 4 is 5.78 Å². The molecule has 1 aromatic heterocycles. The minimum atomic E-state index is 0.400. The fourth-order valence-electron chi connectivity index (χ4n) is 2.06. The van der Waals surface area contributed by atoms with Crippen molar-refractivity contribution in [2.75, 3.05) is 0 Å². The number of nitrogens with zero attached hydrogens (tertiary/aromatic N) is 2. The molecular formula is C10H14N2O. The van der Waals surface area contributed by atoms with Crippen molar-refractivity contribution in [3.8, 4) is 0 Å². The molecule has 1 atom stereocenters. The van der Waals surface area contributed by atoms with Crippen LogP contribution < -0.4 is 0 Å². The molecule has 1 aliphatic carbocycles. The van der Waals surface area contributed by atoms with Gasteiger partial charge in [-0.05, 0) is 18.9 Å². The second-order valence-electron chi connectivity index (χ2n) is 3.71. The van der Waals surface area contributed by atoms with E-state index >= 15 is 0 Å². The summed E-state index contributed by atoms with van der Waals surface area (Å²) in [4.78, 5) is 11.3. The molecule has 0 amide bonds. The molecule has 0 bridgehead atoms. The van der Waals surface area contributed by atoms with E-state index in [0.29, 0.717) is 18.1 Å². The van der Waals surface area contributed by atoms with Crippen LogP contribution in [-0.4, -0.2) is 15.6 Å². The first-order chi connectivity index (χ1) is 6.27. The SMILES string of the molecule is Cn1nccc1C1CCCC(=O)C1. The van der Waals surface area contributed by atoms with E-state index in [0.717, 1.165) is 19.3 Å². The number of hydrogen-bond donors (Lipinski definition) is 0. The van der Waals surface area contributed by atoms with Crippen LogP contribution in [0.1, 0.15) is 37.3 Å². The van der Waals surface area contributed by atoms with Gasteiger partial charge in [-0.2, -0.15) is 5.10 Å². The Kier molecular flexibility index (Phi) is 2.17. The molecule has 0 N–H and O–H groups in total. The molecule has 1 fully saturated rings. The Morgan fingerprint density at radius 2 is 2.46 bits per heavy atom. The lowest BCUT2D eigenvalue weighted by molar-refractivity contribution is -0.120. The van der Waals surface area contributed by atoms with Crippen molar-refractivity contribution < 1.29 is 4.79 Å². The Balaban J connectivity index is 2.17. The lowest BCUT2D eigenvalue weighted by atomic mass is 9.86. The van der Waals surface area contributed by atoms with Crippen LogP contribution in [0.15, 0.2) is 12.3 Å². The van der Waals surface area contributed by atoms with Crippen molar-refractivity contribution in [1.29, 1.82) is 0 Å². The van der Waals surface area contributed by atoms with Crippen LogP contribution in [0.25, 0.3) is 0 Å². The molecule has 0 radical (unpaired) electrons. The van der Waals surface area contributed by atoms with Crippen molar-refractivity contribution in [3.05, 3.63) is 18.0 Å². The molecule has 0 saturated heterocycles. The van der Waals surface area contributed by atoms with Crippen molar-refractivity contribution in [2.24, 2.45) is 7.05 Å². The highest BCUT2D eigenvalue weighted by atomic mass is 16.1. The first kappa shape index (κ1) is 8.48. The van der Waals surface area contributed by atoms with Crippen molar-refractivity contribution in [2.45, 2.75) is 31.6 Å². The van der Waals surface area contributed by atoms with Gasteiger partial charge >= 0.3 is 0 Å². The summed E-state index contributed by atoms with van der Waals surface area (Å²) in [6, 6.07) is 2.02. The summed E-state index contributed by atoms with van der Waals surface area (Å²) in [5.74, 6) is 0.811. The summed E-state index contributed by atoms with van der Waals surface area (Å²) in [6.07, 6.45) is 5.45. The maximum absolute atomic E-state index is 11.3. The Labute approximate surface area is 77.7 Å². The quantitative estimate of drug-likeness (QED) is 0.655. The topological polar surface area (TPSA) is 34.9 Å². The molecule has 1 saturated carbocycles. The van der Waals surface area contributed by atoms with Crippen LogP contribution in [0.3, 0.4) is 0 Å². The predicted molar refractivity (Wildman–Crippen MR) is 49.4 cm³/mol. The average molecular weight is 178 g/mol. The number of aryl methyl sites for hydroxylation is 1. The van der Waals surface area contributed by atoms with Gasteiger partial charge in [0.1, 0.15) is 5.78 Å². The fourth-order valence-corrected chi connectivity index (χ4v) is 2.06. The van der Waals surface area contributed by atoms with Crippen LogP contribution in [0, 0.1) is 0 Å². The van der Waals surface area contributed by atoms with Gasteiger partial charge in [-0.1, -0.05) is 0 Å². The number of carbonyl (C=O) groups excluding carboxylic acids is 1. The zero-order chi connectivity index (χ0) is 9.26. The molecule has 3 heteroatoms. The third kappa shape index (κ3) is 1.64. The molecule has 2 rings (SSSR count). The van der Waals surface area contributed by atoms with Crippen molar-refractivity contribution in [1.82, 2.24) is 9.78 Å².